The summed E-state index contributed by atoms with van der Waals surface area (Å²) in [5.74, 6) is -1.57. The maximum absolute atomic E-state index is 13.2. The zero-order chi connectivity index (χ0) is 24.8. The first-order chi connectivity index (χ1) is 15.5. The van der Waals surface area contributed by atoms with E-state index in [1.807, 2.05) is 6.92 Å². The number of sulfonamides is 1. The zero-order valence-electron chi connectivity index (χ0n) is 18.7. The molecule has 13 heteroatoms. The summed E-state index contributed by atoms with van der Waals surface area (Å²) in [6.45, 7) is 1.41. The first kappa shape index (κ1) is 26.2. The van der Waals surface area contributed by atoms with Gasteiger partial charge in [0, 0.05) is 27.2 Å². The van der Waals surface area contributed by atoms with Crippen molar-refractivity contribution in [1.82, 2.24) is 13.9 Å². The Kier molecular flexibility index (Phi) is 8.91. The molecule has 3 N–H and O–H groups in total. The number of halogens is 1. The van der Waals surface area contributed by atoms with Crippen LogP contribution < -0.4 is 21.9 Å². The Morgan fingerprint density at radius 1 is 1.24 bits per heavy atom. The number of nitrogens with two attached hydrogens (primary N) is 1. The van der Waals surface area contributed by atoms with E-state index in [4.69, 9.17) is 10.5 Å². The molecule has 0 unspecified atom stereocenters. The summed E-state index contributed by atoms with van der Waals surface area (Å²) in [5.41, 5.74) is 4.26. The molecular formula is C20H28FN5O6S. The predicted octanol–water partition coefficient (Wildman–Crippen LogP) is 0.358. The van der Waals surface area contributed by atoms with Gasteiger partial charge in [0.25, 0.3) is 5.56 Å². The summed E-state index contributed by atoms with van der Waals surface area (Å²) in [6, 6.07) is 4.15. The van der Waals surface area contributed by atoms with E-state index in [9.17, 15) is 27.2 Å². The highest BCUT2D eigenvalue weighted by atomic mass is 32.2. The lowest BCUT2D eigenvalue weighted by Gasteiger charge is -2.26. The Morgan fingerprint density at radius 3 is 2.45 bits per heavy atom. The molecule has 1 heterocycles. The largest absolute Gasteiger partial charge is 0.383 e. The number of methoxy groups -OCH3 is 1. The van der Waals surface area contributed by atoms with Gasteiger partial charge in [-0.1, -0.05) is 13.3 Å². The Morgan fingerprint density at radius 2 is 1.88 bits per heavy atom. The van der Waals surface area contributed by atoms with Gasteiger partial charge in [-0.25, -0.2) is 17.6 Å². The number of rotatable bonds is 11. The number of nitrogen functional groups attached to an aromatic ring is 1. The highest BCUT2D eigenvalue weighted by Gasteiger charge is 2.29. The SMILES string of the molecule is CCCCn1c(N)c(N(CCOC)C(=O)CN(C)S(=O)(=O)c2ccc(F)cc2)c(=O)[nH]c1=O. The van der Waals surface area contributed by atoms with Crippen LogP contribution in [0.5, 0.6) is 0 Å². The molecule has 2 aromatic rings. The lowest BCUT2D eigenvalue weighted by atomic mass is 10.3. The molecule has 0 aliphatic heterocycles. The Bertz CT molecular complexity index is 1190. The van der Waals surface area contributed by atoms with Crippen molar-refractivity contribution in [3.8, 4) is 0 Å². The Hall–Kier alpha value is -3.03. The lowest BCUT2D eigenvalue weighted by molar-refractivity contribution is -0.118. The third-order valence-electron chi connectivity index (χ3n) is 4.92. The van der Waals surface area contributed by atoms with Gasteiger partial charge < -0.3 is 15.4 Å². The van der Waals surface area contributed by atoms with Crippen LogP contribution in [0.1, 0.15) is 19.8 Å². The number of benzene rings is 1. The minimum atomic E-state index is -4.12. The Balaban J connectivity index is 2.42. The van der Waals surface area contributed by atoms with Gasteiger partial charge >= 0.3 is 5.69 Å². The van der Waals surface area contributed by atoms with Crippen LogP contribution in [0, 0.1) is 5.82 Å². The van der Waals surface area contributed by atoms with Gasteiger partial charge in [-0.15, -0.1) is 0 Å². The molecule has 2 rings (SSSR count). The summed E-state index contributed by atoms with van der Waals surface area (Å²) >= 11 is 0. The number of aromatic nitrogens is 2. The van der Waals surface area contributed by atoms with Gasteiger partial charge in [0.1, 0.15) is 11.6 Å². The van der Waals surface area contributed by atoms with Crippen molar-refractivity contribution in [2.24, 2.45) is 0 Å². The second-order valence-electron chi connectivity index (χ2n) is 7.25. The van der Waals surface area contributed by atoms with Crippen LogP contribution in [0.4, 0.5) is 15.9 Å². The number of anilines is 2. The molecule has 0 bridgehead atoms. The van der Waals surface area contributed by atoms with Crippen molar-refractivity contribution >= 4 is 27.4 Å². The first-order valence-corrected chi connectivity index (χ1v) is 11.6. The van der Waals surface area contributed by atoms with E-state index in [-0.39, 0.29) is 36.1 Å². The molecule has 0 spiro atoms. The molecule has 0 radical (unpaired) electrons. The monoisotopic (exact) mass is 485 g/mol. The van der Waals surface area contributed by atoms with Crippen LogP contribution in [0.2, 0.25) is 0 Å². The van der Waals surface area contributed by atoms with E-state index in [0.717, 1.165) is 44.5 Å². The van der Waals surface area contributed by atoms with E-state index < -0.39 is 39.5 Å². The number of nitrogens with one attached hydrogen (secondary N) is 1. The summed E-state index contributed by atoms with van der Waals surface area (Å²) in [7, 11) is -1.54. The second-order valence-corrected chi connectivity index (χ2v) is 9.30. The molecule has 11 nitrogen and oxygen atoms in total. The van der Waals surface area contributed by atoms with E-state index in [0.29, 0.717) is 6.42 Å². The van der Waals surface area contributed by atoms with E-state index in [2.05, 4.69) is 4.98 Å². The highest BCUT2D eigenvalue weighted by molar-refractivity contribution is 7.89. The average molecular weight is 486 g/mol. The van der Waals surface area contributed by atoms with E-state index in [1.54, 1.807) is 0 Å². The van der Waals surface area contributed by atoms with Crippen molar-refractivity contribution in [2.75, 3.05) is 44.5 Å². The van der Waals surface area contributed by atoms with Gasteiger partial charge in [-0.05, 0) is 30.7 Å². The summed E-state index contributed by atoms with van der Waals surface area (Å²) < 4.78 is 45.7. The summed E-state index contributed by atoms with van der Waals surface area (Å²) in [5, 5.41) is 0. The van der Waals surface area contributed by atoms with Crippen molar-refractivity contribution in [3.05, 3.63) is 50.9 Å². The molecule has 0 saturated carbocycles. The fourth-order valence-electron chi connectivity index (χ4n) is 3.07. The van der Waals surface area contributed by atoms with Crippen LogP contribution in [-0.2, 0) is 26.1 Å². The standard InChI is InChI=1S/C20H28FN5O6S/c1-4-5-10-26-18(22)17(19(28)23-20(26)29)25(11-12-32-3)16(27)13-24(2)33(30,31)15-8-6-14(21)7-9-15/h6-9H,4-5,10-13,22H2,1-3H3,(H,23,28,29). The first-order valence-electron chi connectivity index (χ1n) is 10.2. The third-order valence-corrected chi connectivity index (χ3v) is 6.74. The average Bonchev–Trinajstić information content (AvgIpc) is 2.75. The maximum Gasteiger partial charge on any atom is 0.330 e. The smallest absolute Gasteiger partial charge is 0.330 e. The second kappa shape index (κ2) is 11.2. The summed E-state index contributed by atoms with van der Waals surface area (Å²) in [4.78, 5) is 40.8. The van der Waals surface area contributed by atoms with Gasteiger partial charge in [0.05, 0.1) is 18.0 Å². The number of carbonyl (C=O) groups is 1. The number of nitrogens with zero attached hydrogens (tertiary/aromatic N) is 3. The van der Waals surface area contributed by atoms with Crippen molar-refractivity contribution < 1.29 is 22.3 Å². The molecule has 1 aromatic carbocycles. The minimum Gasteiger partial charge on any atom is -0.383 e. The minimum absolute atomic E-state index is 0.0210. The quantitative estimate of drug-likeness (QED) is 0.467. The predicted molar refractivity (Wildman–Crippen MR) is 121 cm³/mol. The Labute approximate surface area is 190 Å². The topological polar surface area (TPSA) is 148 Å². The zero-order valence-corrected chi connectivity index (χ0v) is 19.5. The molecule has 0 atom stereocenters. The fourth-order valence-corrected chi connectivity index (χ4v) is 4.19. The molecule has 182 valence electrons. The molecule has 33 heavy (non-hydrogen) atoms. The number of hydrogen-bond acceptors (Lipinski definition) is 7. The molecule has 0 aliphatic rings. The summed E-state index contributed by atoms with van der Waals surface area (Å²) in [6.07, 6.45) is 1.37. The van der Waals surface area contributed by atoms with Crippen molar-refractivity contribution in [2.45, 2.75) is 31.2 Å². The van der Waals surface area contributed by atoms with Gasteiger partial charge in [-0.3, -0.25) is 19.1 Å². The van der Waals surface area contributed by atoms with Crippen molar-refractivity contribution in [1.29, 1.82) is 0 Å². The number of aromatic amines is 1. The van der Waals surface area contributed by atoms with Crippen molar-refractivity contribution in [3.63, 3.8) is 0 Å². The number of ether oxygens (including phenoxy) is 1. The lowest BCUT2D eigenvalue weighted by Crippen LogP contribution is -2.46. The van der Waals surface area contributed by atoms with Crippen LogP contribution in [0.25, 0.3) is 0 Å². The molecule has 0 saturated heterocycles. The molecule has 1 amide bonds. The number of amides is 1. The number of likely N-dealkylation sites (N-methyl/N-ethyl adjacent to an activating group) is 1. The van der Waals surface area contributed by atoms with Gasteiger partial charge in [0.2, 0.25) is 15.9 Å². The van der Waals surface area contributed by atoms with Crippen LogP contribution in [0.15, 0.2) is 38.8 Å². The van der Waals surface area contributed by atoms with Gasteiger partial charge in [0.15, 0.2) is 5.69 Å². The maximum atomic E-state index is 13.2. The fraction of sp³-hybridized carbons (Fsp3) is 0.450. The molecular weight excluding hydrogens is 457 g/mol. The van der Waals surface area contributed by atoms with Gasteiger partial charge in [-0.2, -0.15) is 4.31 Å². The van der Waals surface area contributed by atoms with E-state index in [1.165, 1.54) is 14.2 Å². The normalized spacial score (nSPS) is 11.7. The number of unbranched alkanes of at least 4 members (excludes halogenated alkanes) is 1. The number of carbonyl (C=O) groups excluding carboxylic acids is 1. The molecule has 1 aromatic heterocycles. The highest BCUT2D eigenvalue weighted by Crippen LogP contribution is 2.19. The number of H-pyrrole nitrogens is 1. The van der Waals surface area contributed by atoms with E-state index >= 15 is 0 Å². The molecule has 0 aliphatic carbocycles. The molecule has 0 fully saturated rings. The number of hydrogen-bond donors (Lipinski definition) is 2. The van der Waals surface area contributed by atoms with Crippen LogP contribution in [-0.4, -0.2) is 62.0 Å². The van der Waals surface area contributed by atoms with Crippen LogP contribution in [0.3, 0.4) is 0 Å². The third kappa shape index (κ3) is 6.06. The van der Waals surface area contributed by atoms with Crippen LogP contribution >= 0.6 is 0 Å².